The average Bonchev–Trinajstić information content (AvgIpc) is 2.67. The molecule has 0 spiro atoms. The summed E-state index contributed by atoms with van der Waals surface area (Å²) in [6.07, 6.45) is 5.23. The number of nitrogens with zero attached hydrogens (tertiary/aromatic N) is 1. The van der Waals surface area contributed by atoms with Gasteiger partial charge >= 0.3 is 5.97 Å². The van der Waals surface area contributed by atoms with Gasteiger partial charge in [-0.05, 0) is 43.0 Å². The molecule has 0 bridgehead atoms. The van der Waals surface area contributed by atoms with Crippen molar-refractivity contribution in [1.29, 1.82) is 0 Å². The second-order valence-electron chi connectivity index (χ2n) is 3.88. The lowest BCUT2D eigenvalue weighted by Gasteiger charge is -2.14. The lowest BCUT2D eigenvalue weighted by atomic mass is 9.93. The summed E-state index contributed by atoms with van der Waals surface area (Å²) in [5, 5.41) is 12.0. The third-order valence-electron chi connectivity index (χ3n) is 2.86. The molecule has 1 fully saturated rings. The number of aliphatic carboxylic acids is 1. The maximum Gasteiger partial charge on any atom is 0.320 e. The number of hydrogen-bond acceptors (Lipinski definition) is 3. The molecular weight excluding hydrogens is 192 g/mol. The summed E-state index contributed by atoms with van der Waals surface area (Å²) in [6.45, 7) is 0.798. The van der Waals surface area contributed by atoms with Gasteiger partial charge in [-0.15, -0.1) is 0 Å². The predicted octanol–water partition coefficient (Wildman–Crippen LogP) is 0.687. The minimum Gasteiger partial charge on any atom is -0.480 e. The first kappa shape index (κ1) is 10.1. The Bertz CT molecular complexity index is 340. The van der Waals surface area contributed by atoms with Gasteiger partial charge in [0.2, 0.25) is 0 Å². The zero-order chi connectivity index (χ0) is 10.7. The van der Waals surface area contributed by atoms with Crippen LogP contribution >= 0.6 is 0 Å². The topological polar surface area (TPSA) is 62.2 Å². The van der Waals surface area contributed by atoms with E-state index >= 15 is 0 Å². The van der Waals surface area contributed by atoms with Gasteiger partial charge in [0, 0.05) is 12.4 Å². The first-order chi connectivity index (χ1) is 7.27. The molecule has 1 aliphatic rings. The Hall–Kier alpha value is -1.42. The molecule has 1 aromatic heterocycles. The van der Waals surface area contributed by atoms with E-state index in [1.165, 1.54) is 0 Å². The van der Waals surface area contributed by atoms with Gasteiger partial charge in [-0.1, -0.05) is 0 Å². The van der Waals surface area contributed by atoms with Crippen molar-refractivity contribution in [3.63, 3.8) is 0 Å². The van der Waals surface area contributed by atoms with Gasteiger partial charge in [0.25, 0.3) is 0 Å². The molecule has 2 heterocycles. The maximum absolute atomic E-state index is 10.9. The van der Waals surface area contributed by atoms with E-state index in [4.69, 9.17) is 5.11 Å². The van der Waals surface area contributed by atoms with Crippen LogP contribution in [0.15, 0.2) is 24.5 Å². The molecule has 80 valence electrons. The Morgan fingerprint density at radius 2 is 2.27 bits per heavy atom. The highest BCUT2D eigenvalue weighted by molar-refractivity contribution is 5.74. The van der Waals surface area contributed by atoms with Crippen molar-refractivity contribution >= 4 is 5.97 Å². The molecule has 0 amide bonds. The van der Waals surface area contributed by atoms with Gasteiger partial charge in [0.15, 0.2) is 0 Å². The number of carboxylic acid groups (broad SMARTS) is 1. The summed E-state index contributed by atoms with van der Waals surface area (Å²) in [7, 11) is 0. The summed E-state index contributed by atoms with van der Waals surface area (Å²) >= 11 is 0. The number of hydrogen-bond donors (Lipinski definition) is 2. The second kappa shape index (κ2) is 4.40. The number of aromatic nitrogens is 1. The van der Waals surface area contributed by atoms with Crippen molar-refractivity contribution < 1.29 is 9.90 Å². The van der Waals surface area contributed by atoms with Crippen LogP contribution in [0, 0.1) is 5.92 Å². The zero-order valence-corrected chi connectivity index (χ0v) is 8.39. The van der Waals surface area contributed by atoms with Crippen LogP contribution in [0.25, 0.3) is 0 Å². The van der Waals surface area contributed by atoms with Crippen LogP contribution in [0.1, 0.15) is 12.0 Å². The molecule has 2 rings (SSSR count). The molecule has 4 heteroatoms. The number of nitrogens with one attached hydrogen (secondary N) is 1. The minimum atomic E-state index is -0.744. The monoisotopic (exact) mass is 206 g/mol. The molecule has 0 unspecified atom stereocenters. The standard InChI is InChI=1S/C11H14N2O2/c14-11(15)10-9(3-6-13-10)7-8-1-4-12-5-2-8/h1-2,4-5,9-10,13H,3,6-7H2,(H,14,15)/t9-,10-/m1/s1. The summed E-state index contributed by atoms with van der Waals surface area (Å²) < 4.78 is 0. The van der Waals surface area contributed by atoms with E-state index < -0.39 is 12.0 Å². The second-order valence-corrected chi connectivity index (χ2v) is 3.88. The quantitative estimate of drug-likeness (QED) is 0.763. The molecule has 4 nitrogen and oxygen atoms in total. The first-order valence-electron chi connectivity index (χ1n) is 5.12. The van der Waals surface area contributed by atoms with Gasteiger partial charge in [-0.25, -0.2) is 0 Å². The van der Waals surface area contributed by atoms with Gasteiger partial charge in [0.05, 0.1) is 0 Å². The Balaban J connectivity index is 2.03. The van der Waals surface area contributed by atoms with Gasteiger partial charge < -0.3 is 10.4 Å². The van der Waals surface area contributed by atoms with E-state index in [9.17, 15) is 4.79 Å². The largest absolute Gasteiger partial charge is 0.480 e. The van der Waals surface area contributed by atoms with Crippen LogP contribution in [-0.4, -0.2) is 28.6 Å². The van der Waals surface area contributed by atoms with Crippen molar-refractivity contribution in [3.8, 4) is 0 Å². The van der Waals surface area contributed by atoms with E-state index in [0.717, 1.165) is 24.9 Å². The highest BCUT2D eigenvalue weighted by Gasteiger charge is 2.32. The fraction of sp³-hybridized carbons (Fsp3) is 0.455. The Morgan fingerprint density at radius 1 is 1.53 bits per heavy atom. The maximum atomic E-state index is 10.9. The lowest BCUT2D eigenvalue weighted by molar-refractivity contribution is -0.140. The number of carboxylic acids is 1. The summed E-state index contributed by atoms with van der Waals surface area (Å²) in [4.78, 5) is 14.9. The molecule has 1 aliphatic heterocycles. The smallest absolute Gasteiger partial charge is 0.320 e. The summed E-state index contributed by atoms with van der Waals surface area (Å²) in [5.74, 6) is -0.545. The van der Waals surface area contributed by atoms with E-state index in [0.29, 0.717) is 0 Å². The van der Waals surface area contributed by atoms with Gasteiger partial charge in [0.1, 0.15) is 6.04 Å². The average molecular weight is 206 g/mol. The molecule has 15 heavy (non-hydrogen) atoms. The summed E-state index contributed by atoms with van der Waals surface area (Å²) in [6, 6.07) is 3.49. The molecule has 1 saturated heterocycles. The first-order valence-corrected chi connectivity index (χ1v) is 5.12. The third kappa shape index (κ3) is 2.33. The van der Waals surface area contributed by atoms with Crippen LogP contribution in [0.4, 0.5) is 0 Å². The SMILES string of the molecule is O=C(O)[C@@H]1NCC[C@@H]1Cc1ccncc1. The van der Waals surface area contributed by atoms with Crippen LogP contribution < -0.4 is 5.32 Å². The molecule has 2 atom stereocenters. The van der Waals surface area contributed by atoms with Crippen LogP contribution in [-0.2, 0) is 11.2 Å². The predicted molar refractivity (Wildman–Crippen MR) is 55.5 cm³/mol. The molecule has 0 radical (unpaired) electrons. The fourth-order valence-corrected chi connectivity index (χ4v) is 2.09. The van der Waals surface area contributed by atoms with Crippen LogP contribution in [0.5, 0.6) is 0 Å². The molecule has 0 saturated carbocycles. The highest BCUT2D eigenvalue weighted by atomic mass is 16.4. The molecular formula is C11H14N2O2. The molecule has 2 N–H and O–H groups in total. The van der Waals surface area contributed by atoms with Crippen molar-refractivity contribution in [2.75, 3.05) is 6.54 Å². The molecule has 1 aromatic rings. The van der Waals surface area contributed by atoms with Crippen molar-refractivity contribution in [2.45, 2.75) is 18.9 Å². The zero-order valence-electron chi connectivity index (χ0n) is 8.39. The highest BCUT2D eigenvalue weighted by Crippen LogP contribution is 2.20. The van der Waals surface area contributed by atoms with Crippen molar-refractivity contribution in [3.05, 3.63) is 30.1 Å². The molecule has 0 aliphatic carbocycles. The number of rotatable bonds is 3. The van der Waals surface area contributed by atoms with Crippen molar-refractivity contribution in [1.82, 2.24) is 10.3 Å². The number of carbonyl (C=O) groups is 1. The van der Waals surface area contributed by atoms with Gasteiger partial charge in [-0.2, -0.15) is 0 Å². The Morgan fingerprint density at radius 3 is 2.93 bits per heavy atom. The third-order valence-corrected chi connectivity index (χ3v) is 2.86. The van der Waals surface area contributed by atoms with E-state index in [2.05, 4.69) is 10.3 Å². The van der Waals surface area contributed by atoms with Crippen LogP contribution in [0.2, 0.25) is 0 Å². The minimum absolute atomic E-state index is 0.199. The summed E-state index contributed by atoms with van der Waals surface area (Å²) in [5.41, 5.74) is 1.16. The lowest BCUT2D eigenvalue weighted by Crippen LogP contribution is -2.36. The van der Waals surface area contributed by atoms with E-state index in [1.807, 2.05) is 12.1 Å². The van der Waals surface area contributed by atoms with E-state index in [1.54, 1.807) is 12.4 Å². The Labute approximate surface area is 88.3 Å². The van der Waals surface area contributed by atoms with E-state index in [-0.39, 0.29) is 5.92 Å². The van der Waals surface area contributed by atoms with Gasteiger partial charge in [-0.3, -0.25) is 9.78 Å². The Kier molecular flexibility index (Phi) is 2.97. The van der Waals surface area contributed by atoms with Crippen molar-refractivity contribution in [2.24, 2.45) is 5.92 Å². The molecule has 0 aromatic carbocycles. The number of pyridine rings is 1. The normalized spacial score (nSPS) is 25.3. The van der Waals surface area contributed by atoms with Crippen LogP contribution in [0.3, 0.4) is 0 Å². The fourth-order valence-electron chi connectivity index (χ4n) is 2.09.